The standard InChI is InChI=1S/C4H8OS.Au/c1-2-3-4(5)6;/h2-3H2,1H3,(H,5,6);. The van der Waals surface area contributed by atoms with Crippen LogP contribution in [0.2, 0.25) is 0 Å². The largest absolute Gasteiger partial charge is 0.502 e. The van der Waals surface area contributed by atoms with Crippen molar-refractivity contribution in [2.24, 2.45) is 0 Å². The van der Waals surface area contributed by atoms with Gasteiger partial charge in [0.15, 0.2) is 5.05 Å². The molecule has 47 valence electrons. The SMILES string of the molecule is CCCC(O)=S.[Au]. The molecule has 1 radical (unpaired) electrons. The maximum Gasteiger partial charge on any atom is 0.156 e. The number of aliphatic hydroxyl groups is 1. The van der Waals surface area contributed by atoms with Crippen molar-refractivity contribution in [3.63, 3.8) is 0 Å². The van der Waals surface area contributed by atoms with E-state index in [1.54, 1.807) is 0 Å². The second-order valence-electron chi connectivity index (χ2n) is 1.14. The molecule has 0 aliphatic heterocycles. The smallest absolute Gasteiger partial charge is 0.156 e. The van der Waals surface area contributed by atoms with Gasteiger partial charge in [-0.05, 0) is 18.6 Å². The second kappa shape index (κ2) is 6.63. The molecule has 0 spiro atoms. The van der Waals surface area contributed by atoms with Gasteiger partial charge in [0.1, 0.15) is 0 Å². The number of aliphatic hydroxyl groups excluding tert-OH is 1. The molecule has 0 heterocycles. The van der Waals surface area contributed by atoms with E-state index in [0.717, 1.165) is 6.42 Å². The van der Waals surface area contributed by atoms with Crippen LogP contribution in [0.15, 0.2) is 0 Å². The third-order valence-electron chi connectivity index (χ3n) is 0.464. The zero-order valence-corrected chi connectivity index (χ0v) is 7.05. The van der Waals surface area contributed by atoms with Gasteiger partial charge < -0.3 is 5.11 Å². The molecule has 1 N–H and O–H groups in total. The van der Waals surface area contributed by atoms with E-state index in [1.807, 2.05) is 6.92 Å². The summed E-state index contributed by atoms with van der Waals surface area (Å²) in [5, 5.41) is 8.41. The third-order valence-corrected chi connectivity index (χ3v) is 0.668. The minimum absolute atomic E-state index is 0. The first-order valence-corrected chi connectivity index (χ1v) is 2.40. The van der Waals surface area contributed by atoms with Gasteiger partial charge in [0.25, 0.3) is 0 Å². The Morgan fingerprint density at radius 3 is 2.14 bits per heavy atom. The fraction of sp³-hybridized carbons (Fsp3) is 0.750. The van der Waals surface area contributed by atoms with Crippen molar-refractivity contribution in [1.29, 1.82) is 0 Å². The van der Waals surface area contributed by atoms with E-state index in [1.165, 1.54) is 0 Å². The molecule has 0 fully saturated rings. The second-order valence-corrected chi connectivity index (χ2v) is 1.61. The summed E-state index contributed by atoms with van der Waals surface area (Å²) < 4.78 is 0. The van der Waals surface area contributed by atoms with Gasteiger partial charge in [-0.3, -0.25) is 0 Å². The van der Waals surface area contributed by atoms with Crippen LogP contribution in [0.5, 0.6) is 0 Å². The van der Waals surface area contributed by atoms with Gasteiger partial charge in [-0.1, -0.05) is 6.92 Å². The van der Waals surface area contributed by atoms with E-state index in [4.69, 9.17) is 5.11 Å². The molecule has 0 aliphatic carbocycles. The molecule has 0 amide bonds. The first kappa shape index (κ1) is 10.6. The van der Waals surface area contributed by atoms with Gasteiger partial charge >= 0.3 is 0 Å². The summed E-state index contributed by atoms with van der Waals surface area (Å²) in [6, 6.07) is 0. The summed E-state index contributed by atoms with van der Waals surface area (Å²) >= 11 is 4.35. The molecule has 0 aromatic carbocycles. The van der Waals surface area contributed by atoms with Crippen LogP contribution >= 0.6 is 12.2 Å². The Kier molecular flexibility index (Phi) is 10.0. The van der Waals surface area contributed by atoms with E-state index in [-0.39, 0.29) is 27.4 Å². The minimum Gasteiger partial charge on any atom is -0.502 e. The number of hydrogen-bond donors (Lipinski definition) is 1. The van der Waals surface area contributed by atoms with Crippen molar-refractivity contribution in [2.75, 3.05) is 0 Å². The van der Waals surface area contributed by atoms with E-state index in [0.29, 0.717) is 6.42 Å². The number of thiocarbonyl (C=S) groups is 1. The van der Waals surface area contributed by atoms with Gasteiger partial charge in [-0.25, -0.2) is 0 Å². The first-order valence-electron chi connectivity index (χ1n) is 1.99. The summed E-state index contributed by atoms with van der Waals surface area (Å²) in [5.41, 5.74) is 0. The Hall–Kier alpha value is 0.630. The first-order chi connectivity index (χ1) is 2.77. The zero-order chi connectivity index (χ0) is 4.99. The molecule has 7 heavy (non-hydrogen) atoms. The topological polar surface area (TPSA) is 20.2 Å². The Morgan fingerprint density at radius 2 is 2.14 bits per heavy atom. The van der Waals surface area contributed by atoms with Crippen LogP contribution < -0.4 is 0 Å². The third kappa shape index (κ3) is 10.8. The zero-order valence-electron chi connectivity index (χ0n) is 4.07. The van der Waals surface area contributed by atoms with Gasteiger partial charge in [-0.2, -0.15) is 0 Å². The Morgan fingerprint density at radius 1 is 1.71 bits per heavy atom. The molecule has 0 rings (SSSR count). The molecular weight excluding hydrogens is 293 g/mol. The average Bonchev–Trinajstić information content (AvgIpc) is 1.35. The minimum atomic E-state index is 0. The fourth-order valence-corrected chi connectivity index (χ4v) is 0.418. The number of rotatable bonds is 2. The molecule has 3 heteroatoms. The predicted octanol–water partition coefficient (Wildman–Crippen LogP) is 1.67. The summed E-state index contributed by atoms with van der Waals surface area (Å²) in [4.78, 5) is 0. The van der Waals surface area contributed by atoms with Gasteiger partial charge in [-0.15, -0.1) is 0 Å². The maximum absolute atomic E-state index is 8.28. The van der Waals surface area contributed by atoms with E-state index in [2.05, 4.69) is 12.2 Å². The predicted molar refractivity (Wildman–Crippen MR) is 30.1 cm³/mol. The van der Waals surface area contributed by atoms with Gasteiger partial charge in [0, 0.05) is 28.8 Å². The van der Waals surface area contributed by atoms with E-state index < -0.39 is 0 Å². The summed E-state index contributed by atoms with van der Waals surface area (Å²) in [7, 11) is 0. The van der Waals surface area contributed by atoms with Crippen molar-refractivity contribution in [2.45, 2.75) is 19.8 Å². The van der Waals surface area contributed by atoms with Crippen molar-refractivity contribution in [3.05, 3.63) is 0 Å². The van der Waals surface area contributed by atoms with Crippen molar-refractivity contribution < 1.29 is 27.5 Å². The Balaban J connectivity index is 0. The Labute approximate surface area is 64.6 Å². The van der Waals surface area contributed by atoms with Crippen LogP contribution in [-0.2, 0) is 22.4 Å². The molecule has 0 saturated carbocycles. The fourth-order valence-electron chi connectivity index (χ4n) is 0.214. The molecule has 0 saturated heterocycles. The van der Waals surface area contributed by atoms with Crippen LogP contribution in [-0.4, -0.2) is 10.2 Å². The van der Waals surface area contributed by atoms with Crippen molar-refractivity contribution in [1.82, 2.24) is 0 Å². The van der Waals surface area contributed by atoms with Crippen LogP contribution in [0.4, 0.5) is 0 Å². The molecule has 0 aromatic heterocycles. The summed E-state index contributed by atoms with van der Waals surface area (Å²) in [5.74, 6) is 0. The Bertz CT molecular complexity index is 55.7. The van der Waals surface area contributed by atoms with Crippen LogP contribution in [0.1, 0.15) is 19.8 Å². The summed E-state index contributed by atoms with van der Waals surface area (Å²) in [6.45, 7) is 1.97. The van der Waals surface area contributed by atoms with Gasteiger partial charge in [0.05, 0.1) is 0 Å². The number of hydrogen-bond acceptors (Lipinski definition) is 1. The summed E-state index contributed by atoms with van der Waals surface area (Å²) in [6.07, 6.45) is 1.60. The molecule has 1 nitrogen and oxygen atoms in total. The molecule has 0 unspecified atom stereocenters. The van der Waals surface area contributed by atoms with Crippen molar-refractivity contribution in [3.8, 4) is 0 Å². The van der Waals surface area contributed by atoms with E-state index in [9.17, 15) is 0 Å². The maximum atomic E-state index is 8.28. The van der Waals surface area contributed by atoms with Gasteiger partial charge in [0.2, 0.25) is 0 Å². The quantitative estimate of drug-likeness (QED) is 0.618. The monoisotopic (exact) mass is 301 g/mol. The normalized spacial score (nSPS) is 7.00. The molecule has 0 aliphatic rings. The van der Waals surface area contributed by atoms with Crippen molar-refractivity contribution >= 4 is 17.3 Å². The van der Waals surface area contributed by atoms with Crippen LogP contribution in [0.3, 0.4) is 0 Å². The molecule has 0 bridgehead atoms. The molecule has 0 atom stereocenters. The molecule has 0 aromatic rings. The molecular formula is C4H8AuOS. The average molecular weight is 301 g/mol. The van der Waals surface area contributed by atoms with E-state index >= 15 is 0 Å². The van der Waals surface area contributed by atoms with Crippen LogP contribution in [0.25, 0.3) is 0 Å². The van der Waals surface area contributed by atoms with Crippen LogP contribution in [0, 0.1) is 0 Å².